The third-order valence-electron chi connectivity index (χ3n) is 20.0. The Labute approximate surface area is 571 Å². The highest BCUT2D eigenvalue weighted by molar-refractivity contribution is 6.14. The van der Waals surface area contributed by atoms with Crippen LogP contribution in [0.25, 0.3) is 122 Å². The third kappa shape index (κ3) is 11.5. The summed E-state index contributed by atoms with van der Waals surface area (Å²) in [5, 5.41) is 30.3. The van der Waals surface area contributed by atoms with E-state index in [1.807, 2.05) is 48.5 Å². The van der Waals surface area contributed by atoms with E-state index >= 15 is 0 Å². The van der Waals surface area contributed by atoms with Crippen LogP contribution in [0.2, 0.25) is 0 Å². The van der Waals surface area contributed by atoms with Crippen LogP contribution < -0.4 is 9.47 Å². The van der Waals surface area contributed by atoms with Crippen LogP contribution in [0.5, 0.6) is 23.0 Å². The normalized spacial score (nSPS) is 12.4. The molecule has 2 aromatic heterocycles. The largest absolute Gasteiger partial charge is 0.505 e. The highest BCUT2D eigenvalue weighted by atomic mass is 16.5. The molecule has 2 heterocycles. The van der Waals surface area contributed by atoms with E-state index in [4.69, 9.17) is 9.47 Å². The second-order valence-electron chi connectivity index (χ2n) is 28.1. The van der Waals surface area contributed by atoms with E-state index in [9.17, 15) is 10.2 Å². The molecule has 484 valence electrons. The molecule has 2 N–H and O–H groups in total. The second kappa shape index (κ2) is 24.9. The molecule has 14 rings (SSSR count). The number of benzene rings is 12. The van der Waals surface area contributed by atoms with Crippen LogP contribution >= 0.6 is 0 Å². The first-order chi connectivity index (χ1) is 46.5. The molecule has 14 aromatic rings. The zero-order chi connectivity index (χ0) is 68.2. The summed E-state index contributed by atoms with van der Waals surface area (Å²) >= 11 is 0. The van der Waals surface area contributed by atoms with Gasteiger partial charge in [0.05, 0.1) is 45.6 Å². The summed E-state index contributed by atoms with van der Waals surface area (Å²) in [6.45, 7) is 34.7. The van der Waals surface area contributed by atoms with Gasteiger partial charge in [-0.15, -0.1) is 0 Å². The van der Waals surface area contributed by atoms with E-state index in [0.717, 1.165) is 65.9 Å². The van der Waals surface area contributed by atoms with E-state index in [-0.39, 0.29) is 23.7 Å². The SMILES string of the molecule is Cc1cc(C)c(-c2ccc3c(c2)c2cc(-c4c(C)cc(C)cc4C)ccc2n3-c2cc(C)cc(-c3ccccc3OC(C)C[C@@H](C)Oc3ccccc3-c3cc(C)cc(-n4c5ccc(-c6c(C)cc(C)cc6C)cc5c5cc(-c6c(C)cc(C)cc6C)ccc54)c3O)c2O)c(C)c1. The van der Waals surface area contributed by atoms with Gasteiger partial charge in [0.25, 0.3) is 0 Å². The molecule has 0 fully saturated rings. The molecular weight excluding hydrogens is 1190 g/mol. The topological polar surface area (TPSA) is 68.8 Å². The fourth-order valence-corrected chi connectivity index (χ4v) is 16.6. The number of aromatic nitrogens is 2. The minimum Gasteiger partial charge on any atom is -0.505 e. The quantitative estimate of drug-likeness (QED) is 0.114. The zero-order valence-corrected chi connectivity index (χ0v) is 58.9. The van der Waals surface area contributed by atoms with Crippen LogP contribution in [-0.2, 0) is 0 Å². The van der Waals surface area contributed by atoms with Gasteiger partial charge in [0.2, 0.25) is 0 Å². The Morgan fingerprint density at radius 1 is 0.289 bits per heavy atom. The summed E-state index contributed by atoms with van der Waals surface area (Å²) in [6.07, 6.45) is -0.0581. The number of rotatable bonds is 14. The molecule has 0 radical (unpaired) electrons. The summed E-state index contributed by atoms with van der Waals surface area (Å²) in [4.78, 5) is 0. The average molecular weight is 1270 g/mol. The predicted octanol–water partition coefficient (Wildman–Crippen LogP) is 24.2. The Bertz CT molecular complexity index is 4890. The lowest BCUT2D eigenvalue weighted by molar-refractivity contribution is 0.131. The Kier molecular flexibility index (Phi) is 16.4. The van der Waals surface area contributed by atoms with E-state index in [1.165, 1.54) is 111 Å². The van der Waals surface area contributed by atoms with Crippen molar-refractivity contribution in [1.29, 1.82) is 0 Å². The fourth-order valence-electron chi connectivity index (χ4n) is 16.6. The van der Waals surface area contributed by atoms with Crippen LogP contribution in [0.1, 0.15) is 98.2 Å². The Balaban J connectivity index is 0.787. The van der Waals surface area contributed by atoms with Crippen molar-refractivity contribution in [1.82, 2.24) is 9.13 Å². The first kappa shape index (κ1) is 63.8. The molecule has 0 amide bonds. The van der Waals surface area contributed by atoms with Gasteiger partial charge in [0.1, 0.15) is 23.0 Å². The Morgan fingerprint density at radius 3 is 0.804 bits per heavy atom. The predicted molar refractivity (Wildman–Crippen MR) is 409 cm³/mol. The summed E-state index contributed by atoms with van der Waals surface area (Å²) in [5.74, 6) is 1.66. The van der Waals surface area contributed by atoms with E-state index in [1.54, 1.807) is 0 Å². The molecule has 12 aromatic carbocycles. The van der Waals surface area contributed by atoms with Gasteiger partial charge in [-0.05, 0) is 296 Å². The van der Waals surface area contributed by atoms with Gasteiger partial charge in [-0.3, -0.25) is 0 Å². The smallest absolute Gasteiger partial charge is 0.147 e. The molecule has 6 nitrogen and oxygen atoms in total. The third-order valence-corrected chi connectivity index (χ3v) is 20.0. The molecular formula is C91H86N2O4. The molecule has 0 aliphatic carbocycles. The molecule has 0 saturated carbocycles. The van der Waals surface area contributed by atoms with Crippen LogP contribution in [-0.4, -0.2) is 31.6 Å². The van der Waals surface area contributed by atoms with Gasteiger partial charge in [-0.25, -0.2) is 0 Å². The van der Waals surface area contributed by atoms with Crippen molar-refractivity contribution in [2.75, 3.05) is 0 Å². The molecule has 1 unspecified atom stereocenters. The number of phenolic OH excluding ortho intramolecular Hbond substituents is 2. The lowest BCUT2D eigenvalue weighted by atomic mass is 9.91. The number of para-hydroxylation sites is 2. The molecule has 0 aliphatic rings. The molecule has 97 heavy (non-hydrogen) atoms. The van der Waals surface area contributed by atoms with E-state index in [0.29, 0.717) is 40.4 Å². The van der Waals surface area contributed by atoms with Crippen LogP contribution in [0.3, 0.4) is 0 Å². The van der Waals surface area contributed by atoms with Gasteiger partial charge in [-0.2, -0.15) is 0 Å². The van der Waals surface area contributed by atoms with E-state index in [2.05, 4.69) is 266 Å². The minimum atomic E-state index is -0.301. The molecule has 2 atom stereocenters. The van der Waals surface area contributed by atoms with Gasteiger partial charge >= 0.3 is 0 Å². The van der Waals surface area contributed by atoms with Gasteiger partial charge in [-0.1, -0.05) is 131 Å². The minimum absolute atomic E-state index is 0.167. The number of fused-ring (bicyclic) bond motifs is 6. The number of hydrogen-bond acceptors (Lipinski definition) is 4. The number of hydrogen-bond donors (Lipinski definition) is 2. The second-order valence-corrected chi connectivity index (χ2v) is 28.1. The number of nitrogens with zero attached hydrogens (tertiary/aromatic N) is 2. The highest BCUT2D eigenvalue weighted by Gasteiger charge is 2.26. The maximum atomic E-state index is 12.9. The van der Waals surface area contributed by atoms with Crippen molar-refractivity contribution < 1.29 is 19.7 Å². The fraction of sp³-hybridized carbons (Fsp3) is 0.209. The summed E-state index contributed by atoms with van der Waals surface area (Å²) in [7, 11) is 0. The zero-order valence-electron chi connectivity index (χ0n) is 58.9. The molecule has 0 bridgehead atoms. The number of aromatic hydroxyl groups is 2. The molecule has 6 heteroatoms. The van der Waals surface area contributed by atoms with Crippen molar-refractivity contribution in [3.8, 4) is 101 Å². The van der Waals surface area contributed by atoms with Crippen molar-refractivity contribution in [3.63, 3.8) is 0 Å². The van der Waals surface area contributed by atoms with Crippen molar-refractivity contribution in [3.05, 3.63) is 272 Å². The summed E-state index contributed by atoms with van der Waals surface area (Å²) < 4.78 is 18.4. The standard InChI is InChI=1S/C91H86N2O4/c1-50-33-56(7)86(57(8)34-50)66-25-29-78-72(46-66)73-47-67(87-58(9)35-51(2)36-59(87)10)26-30-79(73)92(78)82-43-54(5)41-76(90(82)94)70-21-17-19-23-84(70)96-64(15)45-65(16)97-85-24-20-18-22-71(85)77-42-55(6)44-83(91(77)95)93-80-31-27-68(88-60(11)37-52(3)38-61(88)12)48-74(80)75-49-69(28-32-81(75)93)89-62(13)39-53(4)40-63(89)14/h17-44,46-49,64-65,94-95H,45H2,1-16H3/t64-,65?/m1/s1. The summed E-state index contributed by atoms with van der Waals surface area (Å²) in [5.41, 5.74) is 35.0. The first-order valence-corrected chi connectivity index (χ1v) is 34.2. The lowest BCUT2D eigenvalue weighted by Crippen LogP contribution is -2.23. The molecule has 0 spiro atoms. The maximum absolute atomic E-state index is 12.9. The monoisotopic (exact) mass is 1270 g/mol. The number of ether oxygens (including phenoxy) is 2. The van der Waals surface area contributed by atoms with Crippen LogP contribution in [0.15, 0.2) is 194 Å². The molecule has 0 aliphatic heterocycles. The number of aryl methyl sites for hydroxylation is 14. The average Bonchev–Trinajstić information content (AvgIpc) is 1.60. The van der Waals surface area contributed by atoms with Crippen molar-refractivity contribution >= 4 is 43.6 Å². The Hall–Kier alpha value is -10.6. The van der Waals surface area contributed by atoms with Crippen LogP contribution in [0.4, 0.5) is 0 Å². The number of phenols is 2. The Morgan fingerprint density at radius 2 is 0.536 bits per heavy atom. The lowest BCUT2D eigenvalue weighted by Gasteiger charge is -2.24. The first-order valence-electron chi connectivity index (χ1n) is 34.2. The van der Waals surface area contributed by atoms with Crippen molar-refractivity contribution in [2.45, 2.75) is 129 Å². The van der Waals surface area contributed by atoms with Crippen molar-refractivity contribution in [2.24, 2.45) is 0 Å². The highest BCUT2D eigenvalue weighted by Crippen LogP contribution is 2.48. The van der Waals surface area contributed by atoms with Gasteiger partial charge < -0.3 is 28.8 Å². The van der Waals surface area contributed by atoms with Crippen LogP contribution in [0, 0.1) is 96.9 Å². The summed E-state index contributed by atoms with van der Waals surface area (Å²) in [6, 6.07) is 69.8. The maximum Gasteiger partial charge on any atom is 0.147 e. The van der Waals surface area contributed by atoms with E-state index < -0.39 is 0 Å². The molecule has 0 saturated heterocycles. The van der Waals surface area contributed by atoms with Gasteiger partial charge in [0, 0.05) is 50.2 Å². The van der Waals surface area contributed by atoms with Gasteiger partial charge in [0.15, 0.2) is 0 Å².